The molecule has 2 aromatic heterocycles. The molecule has 0 radical (unpaired) electrons. The predicted molar refractivity (Wildman–Crippen MR) is 126 cm³/mol. The van der Waals surface area contributed by atoms with Gasteiger partial charge >= 0.3 is 0 Å². The third kappa shape index (κ3) is 2.22. The minimum Gasteiger partial charge on any atom is -0.309 e. The van der Waals surface area contributed by atoms with Crippen molar-refractivity contribution in [2.75, 3.05) is 0 Å². The Morgan fingerprint density at radius 1 is 0.667 bits per heavy atom. The molecule has 0 atom stereocenters. The molecule has 0 aliphatic carbocycles. The first kappa shape index (κ1) is 15.7. The zero-order valence-corrected chi connectivity index (χ0v) is 17.3. The fourth-order valence-corrected chi connectivity index (χ4v) is 5.86. The maximum absolute atomic E-state index is 2.42. The number of halogens is 1. The van der Waals surface area contributed by atoms with E-state index >= 15 is 0 Å². The third-order valence-corrected chi connectivity index (χ3v) is 7.12. The highest BCUT2D eigenvalue weighted by molar-refractivity contribution is 14.1. The van der Waals surface area contributed by atoms with E-state index in [4.69, 9.17) is 0 Å². The minimum atomic E-state index is 1.21. The minimum absolute atomic E-state index is 1.21. The first-order valence-electron chi connectivity index (χ1n) is 8.90. The number of rotatable bonds is 1. The first-order chi connectivity index (χ1) is 13.3. The Kier molecular flexibility index (Phi) is 3.37. The maximum Gasteiger partial charge on any atom is 0.0555 e. The van der Waals surface area contributed by atoms with E-state index in [2.05, 4.69) is 112 Å². The van der Waals surface area contributed by atoms with E-state index in [1.54, 1.807) is 0 Å². The lowest BCUT2D eigenvalue weighted by Gasteiger charge is -2.07. The molecule has 1 nitrogen and oxygen atoms in total. The fraction of sp³-hybridized carbons (Fsp3) is 0. The van der Waals surface area contributed by atoms with Gasteiger partial charge in [-0.2, -0.15) is 0 Å². The Labute approximate surface area is 174 Å². The number of hydrogen-bond donors (Lipinski definition) is 0. The molecule has 6 rings (SSSR count). The van der Waals surface area contributed by atoms with Crippen LogP contribution in [-0.2, 0) is 0 Å². The standard InChI is InChI=1S/C24H14INS/c25-15-10-12-20-19(14-15)23-21(26(20)16-6-2-1-3-7-16)13-11-18-17-8-4-5-9-22(17)27-24(18)23/h1-14H. The lowest BCUT2D eigenvalue weighted by atomic mass is 10.1. The molecule has 2 heterocycles. The Morgan fingerprint density at radius 2 is 1.44 bits per heavy atom. The number of fused-ring (bicyclic) bond motifs is 7. The third-order valence-electron chi connectivity index (χ3n) is 5.25. The summed E-state index contributed by atoms with van der Waals surface area (Å²) in [7, 11) is 0. The van der Waals surface area contributed by atoms with Crippen LogP contribution in [0.5, 0.6) is 0 Å². The van der Waals surface area contributed by atoms with Crippen molar-refractivity contribution in [3.63, 3.8) is 0 Å². The predicted octanol–water partition coefficient (Wildman–Crippen LogP) is 7.76. The Bertz CT molecular complexity index is 1470. The lowest BCUT2D eigenvalue weighted by Crippen LogP contribution is -1.92. The topological polar surface area (TPSA) is 4.93 Å². The summed E-state index contributed by atoms with van der Waals surface area (Å²) in [6, 6.07) is 30.7. The molecule has 0 aliphatic heterocycles. The monoisotopic (exact) mass is 475 g/mol. The highest BCUT2D eigenvalue weighted by Crippen LogP contribution is 2.43. The van der Waals surface area contributed by atoms with Crippen LogP contribution in [0, 0.1) is 3.57 Å². The molecule has 0 bridgehead atoms. The van der Waals surface area contributed by atoms with Gasteiger partial charge in [-0.25, -0.2) is 0 Å². The lowest BCUT2D eigenvalue weighted by molar-refractivity contribution is 1.18. The molecule has 27 heavy (non-hydrogen) atoms. The molecule has 0 spiro atoms. The van der Waals surface area contributed by atoms with Gasteiger partial charge in [0.2, 0.25) is 0 Å². The molecule has 128 valence electrons. The summed E-state index contributed by atoms with van der Waals surface area (Å²) in [5.74, 6) is 0. The molecule has 0 aliphatic rings. The summed E-state index contributed by atoms with van der Waals surface area (Å²) in [5.41, 5.74) is 3.75. The molecular formula is C24H14INS. The van der Waals surface area contributed by atoms with Gasteiger partial charge in [0, 0.05) is 40.2 Å². The van der Waals surface area contributed by atoms with E-state index in [-0.39, 0.29) is 0 Å². The summed E-state index contributed by atoms with van der Waals surface area (Å²) < 4.78 is 6.40. The number of benzene rings is 4. The second-order valence-electron chi connectivity index (χ2n) is 6.77. The van der Waals surface area contributed by atoms with E-state index in [1.807, 2.05) is 11.3 Å². The highest BCUT2D eigenvalue weighted by atomic mass is 127. The van der Waals surface area contributed by atoms with Crippen LogP contribution < -0.4 is 0 Å². The summed E-state index contributed by atoms with van der Waals surface area (Å²) in [6.45, 7) is 0. The summed E-state index contributed by atoms with van der Waals surface area (Å²) >= 11 is 4.32. The van der Waals surface area contributed by atoms with Crippen LogP contribution in [0.25, 0.3) is 47.7 Å². The Balaban J connectivity index is 1.89. The Morgan fingerprint density at radius 3 is 2.33 bits per heavy atom. The summed E-state index contributed by atoms with van der Waals surface area (Å²) in [5, 5.41) is 5.41. The maximum atomic E-state index is 2.42. The van der Waals surface area contributed by atoms with Gasteiger partial charge in [-0.15, -0.1) is 11.3 Å². The van der Waals surface area contributed by atoms with Crippen LogP contribution in [0.3, 0.4) is 0 Å². The van der Waals surface area contributed by atoms with Gasteiger partial charge in [0.05, 0.1) is 11.0 Å². The molecule has 4 aromatic carbocycles. The van der Waals surface area contributed by atoms with Crippen molar-refractivity contribution in [1.82, 2.24) is 4.57 Å². The molecule has 0 saturated heterocycles. The van der Waals surface area contributed by atoms with Crippen molar-refractivity contribution < 1.29 is 0 Å². The van der Waals surface area contributed by atoms with E-state index in [0.29, 0.717) is 0 Å². The van der Waals surface area contributed by atoms with Crippen LogP contribution in [0.2, 0.25) is 0 Å². The van der Waals surface area contributed by atoms with Crippen LogP contribution in [0.4, 0.5) is 0 Å². The van der Waals surface area contributed by atoms with Crippen LogP contribution in [0.15, 0.2) is 84.9 Å². The van der Waals surface area contributed by atoms with Crippen molar-refractivity contribution in [1.29, 1.82) is 0 Å². The van der Waals surface area contributed by atoms with Crippen molar-refractivity contribution in [2.24, 2.45) is 0 Å². The molecule has 6 aromatic rings. The average molecular weight is 475 g/mol. The first-order valence-corrected chi connectivity index (χ1v) is 10.8. The second-order valence-corrected chi connectivity index (χ2v) is 9.06. The van der Waals surface area contributed by atoms with Crippen molar-refractivity contribution in [3.05, 3.63) is 88.5 Å². The zero-order valence-electron chi connectivity index (χ0n) is 14.3. The summed E-state index contributed by atoms with van der Waals surface area (Å²) in [4.78, 5) is 0. The molecule has 0 unspecified atom stereocenters. The molecule has 0 saturated carbocycles. The normalized spacial score (nSPS) is 11.9. The smallest absolute Gasteiger partial charge is 0.0555 e. The molecule has 0 fully saturated rings. The quantitative estimate of drug-likeness (QED) is 0.214. The van der Waals surface area contributed by atoms with Gasteiger partial charge in [0.25, 0.3) is 0 Å². The molecule has 0 amide bonds. The van der Waals surface area contributed by atoms with Crippen LogP contribution in [-0.4, -0.2) is 4.57 Å². The van der Waals surface area contributed by atoms with E-state index in [1.165, 1.54) is 51.2 Å². The number of aromatic nitrogens is 1. The van der Waals surface area contributed by atoms with E-state index < -0.39 is 0 Å². The van der Waals surface area contributed by atoms with Crippen molar-refractivity contribution in [3.8, 4) is 5.69 Å². The van der Waals surface area contributed by atoms with Crippen molar-refractivity contribution in [2.45, 2.75) is 0 Å². The van der Waals surface area contributed by atoms with Crippen LogP contribution >= 0.6 is 33.9 Å². The van der Waals surface area contributed by atoms with E-state index in [9.17, 15) is 0 Å². The largest absolute Gasteiger partial charge is 0.309 e. The molecule has 3 heteroatoms. The molecule has 0 N–H and O–H groups in total. The van der Waals surface area contributed by atoms with Gasteiger partial charge < -0.3 is 4.57 Å². The van der Waals surface area contributed by atoms with Crippen molar-refractivity contribution >= 4 is 75.9 Å². The molecular weight excluding hydrogens is 461 g/mol. The number of hydrogen-bond acceptors (Lipinski definition) is 1. The Hall–Kier alpha value is -2.37. The van der Waals surface area contributed by atoms with Crippen LogP contribution in [0.1, 0.15) is 0 Å². The number of thiophene rings is 1. The SMILES string of the molecule is Ic1ccc2c(c1)c1c3sc4ccccc4c3ccc1n2-c1ccccc1. The average Bonchev–Trinajstić information content (AvgIpc) is 3.23. The van der Waals surface area contributed by atoms with Gasteiger partial charge in [0.1, 0.15) is 0 Å². The number of nitrogens with zero attached hydrogens (tertiary/aromatic N) is 1. The van der Waals surface area contributed by atoms with E-state index in [0.717, 1.165) is 0 Å². The van der Waals surface area contributed by atoms with Gasteiger partial charge in [-0.3, -0.25) is 0 Å². The zero-order chi connectivity index (χ0) is 18.0. The summed E-state index contributed by atoms with van der Waals surface area (Å²) in [6.07, 6.45) is 0. The van der Waals surface area contributed by atoms with Gasteiger partial charge in [-0.05, 0) is 65.1 Å². The second kappa shape index (κ2) is 5.81. The van der Waals surface area contributed by atoms with Gasteiger partial charge in [0.15, 0.2) is 0 Å². The highest BCUT2D eigenvalue weighted by Gasteiger charge is 2.17. The fourth-order valence-electron chi connectivity index (χ4n) is 4.11. The number of para-hydroxylation sites is 1. The van der Waals surface area contributed by atoms with Gasteiger partial charge in [-0.1, -0.05) is 42.5 Å².